The largest absolute Gasteiger partial charge is 0.464 e. The molecule has 0 bridgehead atoms. The Morgan fingerprint density at radius 1 is 1.26 bits per heavy atom. The summed E-state index contributed by atoms with van der Waals surface area (Å²) in [5, 5.41) is 3.18. The first-order valence-electron chi connectivity index (χ1n) is 7.94. The lowest BCUT2D eigenvalue weighted by Gasteiger charge is -2.09. The average Bonchev–Trinajstić information content (AvgIpc) is 3.00. The quantitative estimate of drug-likeness (QED) is 0.676. The number of benzene rings is 1. The van der Waals surface area contributed by atoms with Crippen LogP contribution in [0.1, 0.15) is 22.5 Å². The third-order valence-corrected chi connectivity index (χ3v) is 5.47. The van der Waals surface area contributed by atoms with E-state index in [0.29, 0.717) is 10.7 Å². The second kappa shape index (κ2) is 8.55. The molecular formula is C17H20ClN3O5S. The van der Waals surface area contributed by atoms with Crippen LogP contribution in [0.15, 0.2) is 35.4 Å². The number of esters is 1. The molecule has 8 nitrogen and oxygen atoms in total. The number of aromatic nitrogens is 1. The molecule has 0 saturated heterocycles. The van der Waals surface area contributed by atoms with E-state index in [-0.39, 0.29) is 29.5 Å². The van der Waals surface area contributed by atoms with Gasteiger partial charge in [0.05, 0.1) is 7.11 Å². The average molecular weight is 414 g/mol. The molecule has 0 atom stereocenters. The highest BCUT2D eigenvalue weighted by molar-refractivity contribution is 7.89. The van der Waals surface area contributed by atoms with Gasteiger partial charge in [-0.1, -0.05) is 17.7 Å². The lowest BCUT2D eigenvalue weighted by atomic mass is 10.2. The Morgan fingerprint density at radius 3 is 2.63 bits per heavy atom. The molecule has 0 spiro atoms. The summed E-state index contributed by atoms with van der Waals surface area (Å²) in [6.45, 7) is 1.72. The number of anilines is 1. The van der Waals surface area contributed by atoms with Crippen LogP contribution in [0.2, 0.25) is 5.02 Å². The zero-order valence-corrected chi connectivity index (χ0v) is 16.6. The van der Waals surface area contributed by atoms with Gasteiger partial charge in [-0.2, -0.15) is 0 Å². The molecule has 2 N–H and O–H groups in total. The highest BCUT2D eigenvalue weighted by Gasteiger charge is 2.21. The van der Waals surface area contributed by atoms with Gasteiger partial charge in [-0.05, 0) is 30.7 Å². The van der Waals surface area contributed by atoms with Gasteiger partial charge in [-0.25, -0.2) is 17.9 Å². The van der Waals surface area contributed by atoms with Crippen LogP contribution < -0.4 is 10.0 Å². The fraction of sp³-hybridized carbons (Fsp3) is 0.294. The minimum Gasteiger partial charge on any atom is -0.464 e. The first-order chi connectivity index (χ1) is 12.6. The lowest BCUT2D eigenvalue weighted by molar-refractivity contribution is -0.116. The molecule has 0 aliphatic rings. The zero-order chi connectivity index (χ0) is 20.2. The van der Waals surface area contributed by atoms with Gasteiger partial charge in [-0.3, -0.25) is 4.79 Å². The van der Waals surface area contributed by atoms with E-state index in [4.69, 9.17) is 11.6 Å². The van der Waals surface area contributed by atoms with Gasteiger partial charge in [-0.15, -0.1) is 0 Å². The Kier molecular flexibility index (Phi) is 6.63. The number of sulfonamides is 1. The number of rotatable bonds is 7. The fourth-order valence-corrected chi connectivity index (χ4v) is 3.59. The zero-order valence-electron chi connectivity index (χ0n) is 15.1. The van der Waals surface area contributed by atoms with Crippen molar-refractivity contribution in [3.8, 4) is 0 Å². The molecule has 1 heterocycles. The van der Waals surface area contributed by atoms with E-state index in [0.717, 1.165) is 5.56 Å². The first kappa shape index (κ1) is 20.9. The van der Waals surface area contributed by atoms with Crippen LogP contribution in [-0.4, -0.2) is 38.5 Å². The number of methoxy groups -OCH3 is 1. The van der Waals surface area contributed by atoms with Gasteiger partial charge in [0.2, 0.25) is 15.9 Å². The lowest BCUT2D eigenvalue weighted by Crippen LogP contribution is -2.27. The molecule has 27 heavy (non-hydrogen) atoms. The van der Waals surface area contributed by atoms with Crippen molar-refractivity contribution in [3.63, 3.8) is 0 Å². The van der Waals surface area contributed by atoms with Crippen molar-refractivity contribution >= 4 is 39.2 Å². The van der Waals surface area contributed by atoms with Crippen molar-refractivity contribution in [3.05, 3.63) is 46.7 Å². The number of ether oxygens (including phenoxy) is 1. The van der Waals surface area contributed by atoms with Crippen molar-refractivity contribution in [2.24, 2.45) is 7.05 Å². The van der Waals surface area contributed by atoms with E-state index < -0.39 is 16.0 Å². The van der Waals surface area contributed by atoms with Crippen LogP contribution in [0.3, 0.4) is 0 Å². The Morgan fingerprint density at radius 2 is 1.96 bits per heavy atom. The Bertz CT molecular complexity index is 969. The molecule has 0 aliphatic carbocycles. The number of amides is 1. The maximum atomic E-state index is 12.3. The number of carbonyl (C=O) groups excluding carboxylic acids is 2. The summed E-state index contributed by atoms with van der Waals surface area (Å²) < 4.78 is 32.9. The number of carbonyl (C=O) groups is 2. The van der Waals surface area contributed by atoms with Crippen LogP contribution in [0.25, 0.3) is 0 Å². The summed E-state index contributed by atoms with van der Waals surface area (Å²) in [4.78, 5) is 23.5. The molecule has 2 aromatic rings. The normalized spacial score (nSPS) is 11.3. The smallest absolute Gasteiger partial charge is 0.354 e. The fourth-order valence-electron chi connectivity index (χ4n) is 2.31. The van der Waals surface area contributed by atoms with Crippen molar-refractivity contribution in [1.82, 2.24) is 9.29 Å². The molecule has 0 aliphatic heterocycles. The SMILES string of the molecule is COC(=O)c1cc(S(=O)(=O)NCCC(=O)Nc2cc(Cl)ccc2C)cn1C. The molecule has 0 saturated carbocycles. The van der Waals surface area contributed by atoms with Gasteiger partial charge in [0.1, 0.15) is 10.6 Å². The molecule has 1 amide bonds. The number of hydrogen-bond donors (Lipinski definition) is 2. The maximum absolute atomic E-state index is 12.3. The summed E-state index contributed by atoms with van der Waals surface area (Å²) in [6.07, 6.45) is 1.23. The second-order valence-corrected chi connectivity index (χ2v) is 8.02. The van der Waals surface area contributed by atoms with Gasteiger partial charge in [0, 0.05) is 36.9 Å². The highest BCUT2D eigenvalue weighted by Crippen LogP contribution is 2.20. The molecule has 1 aromatic carbocycles. The van der Waals surface area contributed by atoms with E-state index >= 15 is 0 Å². The van der Waals surface area contributed by atoms with Crippen molar-refractivity contribution in [2.75, 3.05) is 19.0 Å². The van der Waals surface area contributed by atoms with Crippen molar-refractivity contribution < 1.29 is 22.7 Å². The third kappa shape index (κ3) is 5.31. The van der Waals surface area contributed by atoms with Gasteiger partial charge < -0.3 is 14.6 Å². The van der Waals surface area contributed by atoms with Crippen LogP contribution in [0.5, 0.6) is 0 Å². The Balaban J connectivity index is 1.96. The minimum absolute atomic E-state index is 0.0676. The van der Waals surface area contributed by atoms with Crippen LogP contribution in [0, 0.1) is 6.92 Å². The monoisotopic (exact) mass is 413 g/mol. The molecule has 0 unspecified atom stereocenters. The summed E-state index contributed by atoms with van der Waals surface area (Å²) in [5.41, 5.74) is 1.51. The van der Waals surface area contributed by atoms with Crippen LogP contribution in [0.4, 0.5) is 5.69 Å². The maximum Gasteiger partial charge on any atom is 0.354 e. The van der Waals surface area contributed by atoms with E-state index in [1.807, 2.05) is 6.92 Å². The summed E-state index contributed by atoms with van der Waals surface area (Å²) in [7, 11) is -1.12. The number of nitrogens with zero attached hydrogens (tertiary/aromatic N) is 1. The topological polar surface area (TPSA) is 106 Å². The Hall–Kier alpha value is -2.36. The predicted molar refractivity (Wildman–Crippen MR) is 101 cm³/mol. The minimum atomic E-state index is -3.87. The van der Waals surface area contributed by atoms with Gasteiger partial charge in [0.15, 0.2) is 0 Å². The summed E-state index contributed by atoms with van der Waals surface area (Å²) in [6, 6.07) is 6.32. The van der Waals surface area contributed by atoms with E-state index in [1.165, 1.54) is 31.0 Å². The molecule has 1 aromatic heterocycles. The number of halogens is 1. The standard InChI is InChI=1S/C17H20ClN3O5S/c1-11-4-5-12(18)8-14(11)20-16(22)6-7-19-27(24,25)13-9-15(17(23)26-3)21(2)10-13/h4-5,8-10,19H,6-7H2,1-3H3,(H,20,22). The van der Waals surface area contributed by atoms with E-state index in [9.17, 15) is 18.0 Å². The van der Waals surface area contributed by atoms with E-state index in [1.54, 1.807) is 18.2 Å². The van der Waals surface area contributed by atoms with Crippen LogP contribution in [-0.2, 0) is 26.6 Å². The molecule has 146 valence electrons. The summed E-state index contributed by atoms with van der Waals surface area (Å²) >= 11 is 5.90. The highest BCUT2D eigenvalue weighted by atomic mass is 35.5. The molecule has 10 heteroatoms. The second-order valence-electron chi connectivity index (χ2n) is 5.82. The first-order valence-corrected chi connectivity index (χ1v) is 9.80. The van der Waals surface area contributed by atoms with Gasteiger partial charge >= 0.3 is 5.97 Å². The molecule has 2 rings (SSSR count). The third-order valence-electron chi connectivity index (χ3n) is 3.80. The number of nitrogens with one attached hydrogen (secondary N) is 2. The predicted octanol–water partition coefficient (Wildman–Crippen LogP) is 2.08. The summed E-state index contributed by atoms with van der Waals surface area (Å²) in [5.74, 6) is -0.999. The van der Waals surface area contributed by atoms with E-state index in [2.05, 4.69) is 14.8 Å². The van der Waals surface area contributed by atoms with Gasteiger partial charge in [0.25, 0.3) is 0 Å². The number of hydrogen-bond acceptors (Lipinski definition) is 5. The van der Waals surface area contributed by atoms with Crippen molar-refractivity contribution in [1.29, 1.82) is 0 Å². The molecule has 0 radical (unpaired) electrons. The van der Waals surface area contributed by atoms with Crippen molar-refractivity contribution in [2.45, 2.75) is 18.2 Å². The molecule has 0 fully saturated rings. The number of aryl methyl sites for hydroxylation is 2. The molecular weight excluding hydrogens is 394 g/mol. The Labute approximate surface area is 162 Å². The van der Waals surface area contributed by atoms with Crippen LogP contribution >= 0.6 is 11.6 Å².